The first-order valence-electron chi connectivity index (χ1n) is 6.66. The molecule has 1 aliphatic rings. The van der Waals surface area contributed by atoms with E-state index in [0.29, 0.717) is 25.3 Å². The lowest BCUT2D eigenvalue weighted by molar-refractivity contribution is -0.123. The zero-order valence-electron chi connectivity index (χ0n) is 11.3. The maximum absolute atomic E-state index is 12.7. The highest BCUT2D eigenvalue weighted by Crippen LogP contribution is 2.13. The van der Waals surface area contributed by atoms with Gasteiger partial charge in [0, 0.05) is 6.54 Å². The Bertz CT molecular complexity index is 452. The van der Waals surface area contributed by atoms with Crippen LogP contribution < -0.4 is 15.4 Å². The van der Waals surface area contributed by atoms with Crippen LogP contribution in [0.1, 0.15) is 13.3 Å². The molecule has 6 heteroatoms. The van der Waals surface area contributed by atoms with Crippen LogP contribution in [0.15, 0.2) is 24.3 Å². The summed E-state index contributed by atoms with van der Waals surface area (Å²) in [5.74, 6) is 0.0999. The predicted octanol–water partition coefficient (Wildman–Crippen LogP) is 0.432. The van der Waals surface area contributed by atoms with Gasteiger partial charge in [-0.3, -0.25) is 4.79 Å². The zero-order chi connectivity index (χ0) is 14.5. The predicted molar refractivity (Wildman–Crippen MR) is 71.9 cm³/mol. The summed E-state index contributed by atoms with van der Waals surface area (Å²) in [6.07, 6.45) is -0.256. The van der Waals surface area contributed by atoms with Crippen molar-refractivity contribution in [2.24, 2.45) is 0 Å². The standard InChI is InChI=1S/C14H19FN2O3/c1-9(20-12-4-2-10(15)3-5-12)7-17-14(19)13-6-11(18)8-16-13/h2-5,9,11,13,16,18H,6-8H2,1H3,(H,17,19). The van der Waals surface area contributed by atoms with E-state index in [2.05, 4.69) is 10.6 Å². The van der Waals surface area contributed by atoms with Crippen molar-refractivity contribution in [3.05, 3.63) is 30.1 Å². The number of carbonyl (C=O) groups is 1. The molecule has 1 saturated heterocycles. The molecule has 3 atom stereocenters. The zero-order valence-corrected chi connectivity index (χ0v) is 11.3. The van der Waals surface area contributed by atoms with Crippen LogP contribution in [-0.4, -0.2) is 42.4 Å². The molecule has 110 valence electrons. The highest BCUT2D eigenvalue weighted by Gasteiger charge is 2.27. The molecule has 0 bridgehead atoms. The Morgan fingerprint density at radius 3 is 2.85 bits per heavy atom. The summed E-state index contributed by atoms with van der Waals surface area (Å²) < 4.78 is 18.3. The van der Waals surface area contributed by atoms with Crippen molar-refractivity contribution < 1.29 is 19.0 Å². The van der Waals surface area contributed by atoms with E-state index in [9.17, 15) is 14.3 Å². The van der Waals surface area contributed by atoms with Gasteiger partial charge in [-0.05, 0) is 37.6 Å². The van der Waals surface area contributed by atoms with E-state index >= 15 is 0 Å². The van der Waals surface area contributed by atoms with Crippen molar-refractivity contribution in [3.8, 4) is 5.75 Å². The molecule has 0 saturated carbocycles. The van der Waals surface area contributed by atoms with Crippen molar-refractivity contribution in [1.29, 1.82) is 0 Å². The number of hydrogen-bond donors (Lipinski definition) is 3. The van der Waals surface area contributed by atoms with E-state index in [4.69, 9.17) is 4.74 Å². The summed E-state index contributed by atoms with van der Waals surface area (Å²) in [5.41, 5.74) is 0. The Balaban J connectivity index is 1.73. The molecule has 0 aromatic heterocycles. The maximum atomic E-state index is 12.7. The Morgan fingerprint density at radius 2 is 2.25 bits per heavy atom. The Hall–Kier alpha value is -1.66. The van der Waals surface area contributed by atoms with Crippen LogP contribution in [0.5, 0.6) is 5.75 Å². The van der Waals surface area contributed by atoms with Gasteiger partial charge in [0.2, 0.25) is 5.91 Å². The van der Waals surface area contributed by atoms with Crippen molar-refractivity contribution >= 4 is 5.91 Å². The summed E-state index contributed by atoms with van der Waals surface area (Å²) in [6, 6.07) is 5.39. The number of carbonyl (C=O) groups excluding carboxylic acids is 1. The fourth-order valence-corrected chi connectivity index (χ4v) is 2.07. The Kier molecular flexibility index (Phi) is 4.92. The lowest BCUT2D eigenvalue weighted by Crippen LogP contribution is -2.43. The molecule has 20 heavy (non-hydrogen) atoms. The van der Waals surface area contributed by atoms with Crippen molar-refractivity contribution in [3.63, 3.8) is 0 Å². The molecule has 1 heterocycles. The molecule has 1 amide bonds. The van der Waals surface area contributed by atoms with Crippen LogP contribution in [-0.2, 0) is 4.79 Å². The van der Waals surface area contributed by atoms with Gasteiger partial charge in [-0.1, -0.05) is 0 Å². The molecule has 3 N–H and O–H groups in total. The third-order valence-electron chi connectivity index (χ3n) is 3.14. The number of aliphatic hydroxyl groups excluding tert-OH is 1. The number of rotatable bonds is 5. The molecule has 1 aromatic carbocycles. The molecule has 0 aliphatic carbocycles. The third-order valence-corrected chi connectivity index (χ3v) is 3.14. The summed E-state index contributed by atoms with van der Waals surface area (Å²) in [4.78, 5) is 11.8. The Morgan fingerprint density at radius 1 is 1.55 bits per heavy atom. The van der Waals surface area contributed by atoms with E-state index in [1.165, 1.54) is 12.1 Å². The SMILES string of the molecule is CC(CNC(=O)C1CC(O)CN1)Oc1ccc(F)cc1. The molecule has 1 aromatic rings. The minimum Gasteiger partial charge on any atom is -0.489 e. The van der Waals surface area contributed by atoms with Gasteiger partial charge in [0.05, 0.1) is 18.7 Å². The average molecular weight is 282 g/mol. The van der Waals surface area contributed by atoms with Gasteiger partial charge in [0.25, 0.3) is 0 Å². The van der Waals surface area contributed by atoms with E-state index in [-0.39, 0.29) is 23.9 Å². The first kappa shape index (κ1) is 14.7. The number of β-amino-alcohol motifs (C(OH)–C–C–N with tert-alkyl or cyclic N) is 1. The van der Waals surface area contributed by atoms with Gasteiger partial charge in [-0.2, -0.15) is 0 Å². The van der Waals surface area contributed by atoms with Crippen LogP contribution in [0.4, 0.5) is 4.39 Å². The van der Waals surface area contributed by atoms with Crippen LogP contribution in [0.2, 0.25) is 0 Å². The highest BCUT2D eigenvalue weighted by molar-refractivity contribution is 5.82. The van der Waals surface area contributed by atoms with E-state index in [1.54, 1.807) is 12.1 Å². The second-order valence-corrected chi connectivity index (χ2v) is 4.98. The van der Waals surface area contributed by atoms with Gasteiger partial charge in [-0.15, -0.1) is 0 Å². The molecule has 5 nitrogen and oxygen atoms in total. The molecule has 3 unspecified atom stereocenters. The van der Waals surface area contributed by atoms with E-state index in [0.717, 1.165) is 0 Å². The number of halogens is 1. The topological polar surface area (TPSA) is 70.6 Å². The number of ether oxygens (including phenoxy) is 1. The minimum atomic E-state index is -0.460. The van der Waals surface area contributed by atoms with Crippen molar-refractivity contribution in [1.82, 2.24) is 10.6 Å². The van der Waals surface area contributed by atoms with Gasteiger partial charge in [-0.25, -0.2) is 4.39 Å². The monoisotopic (exact) mass is 282 g/mol. The molecule has 1 aliphatic heterocycles. The van der Waals surface area contributed by atoms with Crippen LogP contribution in [0.3, 0.4) is 0 Å². The highest BCUT2D eigenvalue weighted by atomic mass is 19.1. The molecule has 2 rings (SSSR count). The smallest absolute Gasteiger partial charge is 0.237 e. The third kappa shape index (κ3) is 4.18. The Labute approximate surface area is 117 Å². The van der Waals surface area contributed by atoms with Crippen LogP contribution >= 0.6 is 0 Å². The number of nitrogens with one attached hydrogen (secondary N) is 2. The van der Waals surface area contributed by atoms with Gasteiger partial charge in [0.15, 0.2) is 0 Å². The number of amides is 1. The molecule has 0 radical (unpaired) electrons. The maximum Gasteiger partial charge on any atom is 0.237 e. The summed E-state index contributed by atoms with van der Waals surface area (Å²) in [5, 5.41) is 15.1. The second kappa shape index (κ2) is 6.67. The number of benzene rings is 1. The molecule has 1 fully saturated rings. The normalized spacial score (nSPS) is 23.4. The van der Waals surface area contributed by atoms with E-state index < -0.39 is 6.10 Å². The lowest BCUT2D eigenvalue weighted by atomic mass is 10.2. The second-order valence-electron chi connectivity index (χ2n) is 4.98. The lowest BCUT2D eigenvalue weighted by Gasteiger charge is -2.17. The van der Waals surface area contributed by atoms with Crippen molar-refractivity contribution in [2.45, 2.75) is 31.6 Å². The molecular weight excluding hydrogens is 263 g/mol. The van der Waals surface area contributed by atoms with Crippen LogP contribution in [0, 0.1) is 5.82 Å². The minimum absolute atomic E-state index is 0.142. The summed E-state index contributed by atoms with van der Waals surface area (Å²) in [6.45, 7) is 2.62. The largest absolute Gasteiger partial charge is 0.489 e. The molecule has 0 spiro atoms. The van der Waals surface area contributed by atoms with Gasteiger partial charge < -0.3 is 20.5 Å². The summed E-state index contributed by atoms with van der Waals surface area (Å²) in [7, 11) is 0. The van der Waals surface area contributed by atoms with Gasteiger partial charge in [0.1, 0.15) is 17.7 Å². The van der Waals surface area contributed by atoms with Gasteiger partial charge >= 0.3 is 0 Å². The van der Waals surface area contributed by atoms with Crippen molar-refractivity contribution in [2.75, 3.05) is 13.1 Å². The molecular formula is C14H19FN2O3. The number of hydrogen-bond acceptors (Lipinski definition) is 4. The fraction of sp³-hybridized carbons (Fsp3) is 0.500. The summed E-state index contributed by atoms with van der Waals surface area (Å²) >= 11 is 0. The first-order chi connectivity index (χ1) is 9.54. The van der Waals surface area contributed by atoms with E-state index in [1.807, 2.05) is 6.92 Å². The first-order valence-corrected chi connectivity index (χ1v) is 6.66. The number of aliphatic hydroxyl groups is 1. The average Bonchev–Trinajstić information content (AvgIpc) is 2.85. The van der Waals surface area contributed by atoms with Crippen LogP contribution in [0.25, 0.3) is 0 Å². The quantitative estimate of drug-likeness (QED) is 0.732. The fourth-order valence-electron chi connectivity index (χ4n) is 2.07.